The maximum Gasteiger partial charge on any atom is 0.139 e. The molecule has 2 heteroatoms. The van der Waals surface area contributed by atoms with E-state index >= 15 is 0 Å². The van der Waals surface area contributed by atoms with Crippen molar-refractivity contribution in [3.8, 4) is 5.75 Å². The number of aryl methyl sites for hydroxylation is 1. The van der Waals surface area contributed by atoms with Crippen LogP contribution >= 0.6 is 22.6 Å². The second kappa shape index (κ2) is 4.65. The number of hydrogen-bond donors (Lipinski definition) is 0. The first kappa shape index (κ1) is 10.6. The number of benzene rings is 1. The first-order valence-corrected chi connectivity index (χ1v) is 5.64. The van der Waals surface area contributed by atoms with Crippen LogP contribution in [0.15, 0.2) is 18.7 Å². The number of rotatable bonds is 3. The average molecular weight is 288 g/mol. The monoisotopic (exact) mass is 288 g/mol. The van der Waals surface area contributed by atoms with Crippen LogP contribution in [0.4, 0.5) is 0 Å². The standard InChI is InChI=1S/C11H13IO/c1-4-10-9(3)8(2)5-6-11(10)13-7-12/h4-6H,1,7H2,2-3H3. The molecule has 0 aliphatic carbocycles. The topological polar surface area (TPSA) is 9.23 Å². The number of hydrogen-bond acceptors (Lipinski definition) is 1. The number of ether oxygens (including phenoxy) is 1. The molecule has 0 saturated carbocycles. The Morgan fingerprint density at radius 2 is 2.15 bits per heavy atom. The first-order valence-electron chi connectivity index (χ1n) is 4.12. The van der Waals surface area contributed by atoms with Gasteiger partial charge in [0.2, 0.25) is 0 Å². The molecule has 0 saturated heterocycles. The Hall–Kier alpha value is -0.510. The lowest BCUT2D eigenvalue weighted by molar-refractivity contribution is 0.403. The van der Waals surface area contributed by atoms with Crippen molar-refractivity contribution in [2.24, 2.45) is 0 Å². The zero-order chi connectivity index (χ0) is 9.84. The molecule has 13 heavy (non-hydrogen) atoms. The van der Waals surface area contributed by atoms with E-state index in [1.807, 2.05) is 12.1 Å². The summed E-state index contributed by atoms with van der Waals surface area (Å²) < 4.78 is 6.15. The van der Waals surface area contributed by atoms with Gasteiger partial charge in [0.15, 0.2) is 0 Å². The Balaban J connectivity index is 3.21. The second-order valence-electron chi connectivity index (χ2n) is 2.88. The Morgan fingerprint density at radius 1 is 1.46 bits per heavy atom. The highest BCUT2D eigenvalue weighted by molar-refractivity contribution is 14.1. The summed E-state index contributed by atoms with van der Waals surface area (Å²) in [6.45, 7) is 7.98. The lowest BCUT2D eigenvalue weighted by atomic mass is 10.0. The molecule has 0 aliphatic rings. The number of halogens is 1. The van der Waals surface area contributed by atoms with E-state index < -0.39 is 0 Å². The van der Waals surface area contributed by atoms with E-state index in [4.69, 9.17) is 4.74 Å². The SMILES string of the molecule is C=Cc1c(OCI)ccc(C)c1C. The molecule has 0 aromatic heterocycles. The van der Waals surface area contributed by atoms with Gasteiger partial charge in [0, 0.05) is 5.56 Å². The van der Waals surface area contributed by atoms with Crippen molar-refractivity contribution in [1.82, 2.24) is 0 Å². The summed E-state index contributed by atoms with van der Waals surface area (Å²) in [7, 11) is 0. The van der Waals surface area contributed by atoms with Crippen molar-refractivity contribution in [3.63, 3.8) is 0 Å². The fourth-order valence-corrected chi connectivity index (χ4v) is 1.59. The summed E-state index contributed by atoms with van der Waals surface area (Å²) >= 11 is 2.19. The van der Waals surface area contributed by atoms with Crippen LogP contribution < -0.4 is 4.74 Å². The summed E-state index contributed by atoms with van der Waals surface area (Å²) in [6.07, 6.45) is 1.85. The van der Waals surface area contributed by atoms with Gasteiger partial charge in [0.05, 0.1) is 0 Å². The smallest absolute Gasteiger partial charge is 0.139 e. The molecule has 1 aromatic rings. The average Bonchev–Trinajstić information content (AvgIpc) is 2.12. The van der Waals surface area contributed by atoms with Crippen LogP contribution in [0.1, 0.15) is 16.7 Å². The molecule has 0 unspecified atom stereocenters. The van der Waals surface area contributed by atoms with E-state index in [1.165, 1.54) is 11.1 Å². The molecule has 0 amide bonds. The summed E-state index contributed by atoms with van der Waals surface area (Å²) in [5.74, 6) is 0.924. The minimum Gasteiger partial charge on any atom is -0.483 e. The van der Waals surface area contributed by atoms with E-state index in [0.29, 0.717) is 4.61 Å². The molecule has 0 fully saturated rings. The van der Waals surface area contributed by atoms with E-state index in [2.05, 4.69) is 49.1 Å². The Labute approximate surface area is 92.9 Å². The normalized spacial score (nSPS) is 9.77. The Morgan fingerprint density at radius 3 is 2.69 bits per heavy atom. The van der Waals surface area contributed by atoms with Crippen LogP contribution in [-0.4, -0.2) is 4.61 Å². The zero-order valence-electron chi connectivity index (χ0n) is 7.93. The number of alkyl halides is 1. The van der Waals surface area contributed by atoms with Crippen LogP contribution in [0.3, 0.4) is 0 Å². The predicted molar refractivity (Wildman–Crippen MR) is 65.5 cm³/mol. The van der Waals surface area contributed by atoms with Crippen molar-refractivity contribution >= 4 is 28.7 Å². The van der Waals surface area contributed by atoms with Gasteiger partial charge in [-0.25, -0.2) is 0 Å². The maximum absolute atomic E-state index is 5.48. The highest BCUT2D eigenvalue weighted by Gasteiger charge is 2.04. The highest BCUT2D eigenvalue weighted by atomic mass is 127. The van der Waals surface area contributed by atoms with E-state index in [9.17, 15) is 0 Å². The van der Waals surface area contributed by atoms with Crippen molar-refractivity contribution in [1.29, 1.82) is 0 Å². The van der Waals surface area contributed by atoms with Gasteiger partial charge in [0.25, 0.3) is 0 Å². The third-order valence-electron chi connectivity index (χ3n) is 2.16. The Bertz CT molecular complexity index is 318. The first-order chi connectivity index (χ1) is 6.20. The van der Waals surface area contributed by atoms with Gasteiger partial charge in [-0.3, -0.25) is 0 Å². The fraction of sp³-hybridized carbons (Fsp3) is 0.273. The molecule has 0 atom stereocenters. The largest absolute Gasteiger partial charge is 0.483 e. The lowest BCUT2D eigenvalue weighted by Crippen LogP contribution is -1.95. The molecule has 1 aromatic carbocycles. The molecule has 0 spiro atoms. The Kier molecular flexibility index (Phi) is 3.78. The molecular formula is C11H13IO. The summed E-state index contributed by atoms with van der Waals surface area (Å²) in [6, 6.07) is 4.07. The molecule has 0 heterocycles. The summed E-state index contributed by atoms with van der Waals surface area (Å²) in [5, 5.41) is 0. The fourth-order valence-electron chi connectivity index (χ4n) is 1.25. The van der Waals surface area contributed by atoms with Crippen molar-refractivity contribution < 1.29 is 4.74 Å². The molecule has 0 radical (unpaired) electrons. The van der Waals surface area contributed by atoms with Gasteiger partial charge in [-0.1, -0.05) is 18.7 Å². The second-order valence-corrected chi connectivity index (χ2v) is 3.50. The lowest BCUT2D eigenvalue weighted by Gasteiger charge is -2.10. The van der Waals surface area contributed by atoms with Crippen molar-refractivity contribution in [3.05, 3.63) is 35.4 Å². The summed E-state index contributed by atoms with van der Waals surface area (Å²) in [5.41, 5.74) is 3.63. The van der Waals surface area contributed by atoms with Crippen molar-refractivity contribution in [2.45, 2.75) is 13.8 Å². The van der Waals surface area contributed by atoms with Crippen molar-refractivity contribution in [2.75, 3.05) is 4.61 Å². The zero-order valence-corrected chi connectivity index (χ0v) is 10.1. The van der Waals surface area contributed by atoms with E-state index in [1.54, 1.807) is 0 Å². The predicted octanol–water partition coefficient (Wildman–Crippen LogP) is 3.72. The van der Waals surface area contributed by atoms with Gasteiger partial charge in [-0.05, 0) is 53.6 Å². The van der Waals surface area contributed by atoms with E-state index in [-0.39, 0.29) is 0 Å². The minimum atomic E-state index is 0.668. The molecule has 70 valence electrons. The van der Waals surface area contributed by atoms with Gasteiger partial charge < -0.3 is 4.74 Å². The molecule has 1 nitrogen and oxygen atoms in total. The van der Waals surface area contributed by atoms with Crippen LogP contribution in [0.2, 0.25) is 0 Å². The molecule has 0 N–H and O–H groups in total. The minimum absolute atomic E-state index is 0.668. The molecule has 0 bridgehead atoms. The van der Waals surface area contributed by atoms with Crippen LogP contribution in [0.25, 0.3) is 6.08 Å². The maximum atomic E-state index is 5.48. The van der Waals surface area contributed by atoms with E-state index in [0.717, 1.165) is 11.3 Å². The highest BCUT2D eigenvalue weighted by Crippen LogP contribution is 2.26. The van der Waals surface area contributed by atoms with Gasteiger partial charge >= 0.3 is 0 Å². The third kappa shape index (κ3) is 2.24. The van der Waals surface area contributed by atoms with Crippen LogP contribution in [0.5, 0.6) is 5.75 Å². The molecule has 1 rings (SSSR count). The molecule has 0 aliphatic heterocycles. The quantitative estimate of drug-likeness (QED) is 0.608. The third-order valence-corrected chi connectivity index (χ3v) is 2.47. The molecular weight excluding hydrogens is 275 g/mol. The van der Waals surface area contributed by atoms with Crippen LogP contribution in [-0.2, 0) is 0 Å². The van der Waals surface area contributed by atoms with Gasteiger partial charge in [-0.2, -0.15) is 0 Å². The van der Waals surface area contributed by atoms with Gasteiger partial charge in [-0.15, -0.1) is 0 Å². The van der Waals surface area contributed by atoms with Gasteiger partial charge in [0.1, 0.15) is 10.4 Å². The van der Waals surface area contributed by atoms with Crippen LogP contribution in [0, 0.1) is 13.8 Å². The summed E-state index contributed by atoms with van der Waals surface area (Å²) in [4.78, 5) is 0.